The van der Waals surface area contributed by atoms with Crippen molar-refractivity contribution in [3.8, 4) is 0 Å². The summed E-state index contributed by atoms with van der Waals surface area (Å²) in [6.07, 6.45) is 1.10. The molecular formula is C15H20N4O3S. The largest absolute Gasteiger partial charge is 0.457 e. The van der Waals surface area contributed by atoms with Crippen LogP contribution in [0.3, 0.4) is 0 Å². The number of aryl methyl sites for hydroxylation is 3. The van der Waals surface area contributed by atoms with Gasteiger partial charge in [-0.1, -0.05) is 6.92 Å². The van der Waals surface area contributed by atoms with Crippen LogP contribution in [0.1, 0.15) is 52.1 Å². The molecule has 2 rings (SSSR count). The molecule has 8 heteroatoms. The van der Waals surface area contributed by atoms with E-state index in [0.717, 1.165) is 16.2 Å². The number of carbonyl (C=O) groups is 2. The van der Waals surface area contributed by atoms with Crippen LogP contribution in [0.15, 0.2) is 6.07 Å². The summed E-state index contributed by atoms with van der Waals surface area (Å²) in [5.41, 5.74) is 0.701. The van der Waals surface area contributed by atoms with Gasteiger partial charge in [-0.25, -0.2) is 4.68 Å². The second kappa shape index (κ2) is 7.96. The Morgan fingerprint density at radius 3 is 2.74 bits per heavy atom. The summed E-state index contributed by atoms with van der Waals surface area (Å²) in [6, 6.07) is 1.87. The van der Waals surface area contributed by atoms with Crippen molar-refractivity contribution in [3.63, 3.8) is 0 Å². The number of Topliss-reactive ketones (excluding diaryl/α,β-unsaturated/α-hetero) is 1. The van der Waals surface area contributed by atoms with Gasteiger partial charge in [-0.15, -0.1) is 16.4 Å². The van der Waals surface area contributed by atoms with Crippen LogP contribution >= 0.6 is 11.3 Å². The summed E-state index contributed by atoms with van der Waals surface area (Å²) >= 11 is 1.58. The number of esters is 1. The molecule has 0 aliphatic rings. The summed E-state index contributed by atoms with van der Waals surface area (Å²) in [6.45, 7) is 6.59. The van der Waals surface area contributed by atoms with Gasteiger partial charge in [0.05, 0.1) is 6.42 Å². The number of ether oxygens (including phenoxy) is 1. The normalized spacial score (nSPS) is 10.7. The molecule has 0 aliphatic heterocycles. The number of aromatic nitrogens is 4. The SMILES string of the molecule is CCCn1nnnc1COC(=O)CCC(=O)c1cc(C)sc1C. The minimum absolute atomic E-state index is 0.0244. The first-order valence-electron chi connectivity index (χ1n) is 7.52. The van der Waals surface area contributed by atoms with Crippen molar-refractivity contribution in [2.45, 2.75) is 53.2 Å². The third-order valence-corrected chi connectivity index (χ3v) is 4.27. The summed E-state index contributed by atoms with van der Waals surface area (Å²) in [5, 5.41) is 11.2. The first-order chi connectivity index (χ1) is 11.0. The first-order valence-corrected chi connectivity index (χ1v) is 8.33. The van der Waals surface area contributed by atoms with Crippen LogP contribution in [0.25, 0.3) is 0 Å². The molecule has 0 amide bonds. The van der Waals surface area contributed by atoms with Crippen LogP contribution in [0.4, 0.5) is 0 Å². The Bertz CT molecular complexity index is 693. The number of tetrazole rings is 1. The van der Waals surface area contributed by atoms with E-state index in [2.05, 4.69) is 15.5 Å². The molecule has 0 bridgehead atoms. The standard InChI is InChI=1S/C15H20N4O3S/c1-4-7-19-14(16-17-18-19)9-22-15(21)6-5-13(20)12-8-10(2)23-11(12)3/h8H,4-7,9H2,1-3H3. The van der Waals surface area contributed by atoms with E-state index >= 15 is 0 Å². The minimum Gasteiger partial charge on any atom is -0.457 e. The average molecular weight is 336 g/mol. The van der Waals surface area contributed by atoms with E-state index in [9.17, 15) is 9.59 Å². The second-order valence-corrected chi connectivity index (χ2v) is 6.69. The predicted molar refractivity (Wildman–Crippen MR) is 85.3 cm³/mol. The molecule has 124 valence electrons. The van der Waals surface area contributed by atoms with Gasteiger partial charge in [0.2, 0.25) is 0 Å². The Hall–Kier alpha value is -2.09. The van der Waals surface area contributed by atoms with Crippen molar-refractivity contribution in [3.05, 3.63) is 27.2 Å². The lowest BCUT2D eigenvalue weighted by Crippen LogP contribution is -2.12. The molecule has 0 spiro atoms. The van der Waals surface area contributed by atoms with E-state index in [1.54, 1.807) is 16.0 Å². The van der Waals surface area contributed by atoms with Crippen molar-refractivity contribution in [2.75, 3.05) is 0 Å². The molecular weight excluding hydrogens is 316 g/mol. The average Bonchev–Trinajstić information content (AvgIpc) is 3.09. The monoisotopic (exact) mass is 336 g/mol. The number of nitrogens with zero attached hydrogens (tertiary/aromatic N) is 4. The highest BCUT2D eigenvalue weighted by Crippen LogP contribution is 2.22. The fourth-order valence-corrected chi connectivity index (χ4v) is 3.13. The van der Waals surface area contributed by atoms with Crippen molar-refractivity contribution in [2.24, 2.45) is 0 Å². The maximum atomic E-state index is 12.1. The zero-order chi connectivity index (χ0) is 16.8. The number of thiophene rings is 1. The summed E-state index contributed by atoms with van der Waals surface area (Å²) < 4.78 is 6.75. The Morgan fingerprint density at radius 2 is 2.09 bits per heavy atom. The van der Waals surface area contributed by atoms with Crippen molar-refractivity contribution in [1.29, 1.82) is 0 Å². The molecule has 0 atom stereocenters. The quantitative estimate of drug-likeness (QED) is 0.543. The predicted octanol–water partition coefficient (Wildman–Crippen LogP) is 2.47. The molecule has 2 aromatic heterocycles. The molecule has 2 heterocycles. The lowest BCUT2D eigenvalue weighted by Gasteiger charge is -2.05. The molecule has 23 heavy (non-hydrogen) atoms. The fraction of sp³-hybridized carbons (Fsp3) is 0.533. The Labute approximate surface area is 138 Å². The van der Waals surface area contributed by atoms with Gasteiger partial charge in [0.1, 0.15) is 0 Å². The highest BCUT2D eigenvalue weighted by molar-refractivity contribution is 7.12. The van der Waals surface area contributed by atoms with Gasteiger partial charge in [-0.2, -0.15) is 0 Å². The molecule has 0 aliphatic carbocycles. The van der Waals surface area contributed by atoms with Crippen LogP contribution in [-0.2, 0) is 22.7 Å². The molecule has 2 aromatic rings. The number of hydrogen-bond acceptors (Lipinski definition) is 7. The van der Waals surface area contributed by atoms with Gasteiger partial charge in [0.15, 0.2) is 18.2 Å². The van der Waals surface area contributed by atoms with Crippen LogP contribution in [0.5, 0.6) is 0 Å². The van der Waals surface area contributed by atoms with Gasteiger partial charge in [0.25, 0.3) is 0 Å². The van der Waals surface area contributed by atoms with Gasteiger partial charge in [-0.3, -0.25) is 9.59 Å². The zero-order valence-electron chi connectivity index (χ0n) is 13.5. The van der Waals surface area contributed by atoms with E-state index in [1.165, 1.54) is 0 Å². The molecule has 0 N–H and O–H groups in total. The van der Waals surface area contributed by atoms with E-state index < -0.39 is 5.97 Å². The fourth-order valence-electron chi connectivity index (χ4n) is 2.19. The van der Waals surface area contributed by atoms with E-state index in [1.807, 2.05) is 26.8 Å². The van der Waals surface area contributed by atoms with Crippen LogP contribution in [0, 0.1) is 13.8 Å². The highest BCUT2D eigenvalue weighted by atomic mass is 32.1. The van der Waals surface area contributed by atoms with Crippen molar-refractivity contribution >= 4 is 23.1 Å². The smallest absolute Gasteiger partial charge is 0.306 e. The topological polar surface area (TPSA) is 87.0 Å². The number of carbonyl (C=O) groups excluding carboxylic acids is 2. The summed E-state index contributed by atoms with van der Waals surface area (Å²) in [7, 11) is 0. The zero-order valence-corrected chi connectivity index (χ0v) is 14.4. The number of hydrogen-bond donors (Lipinski definition) is 0. The Balaban J connectivity index is 1.80. The van der Waals surface area contributed by atoms with E-state index in [4.69, 9.17) is 4.74 Å². The maximum absolute atomic E-state index is 12.1. The molecule has 0 unspecified atom stereocenters. The van der Waals surface area contributed by atoms with Crippen molar-refractivity contribution in [1.82, 2.24) is 20.2 Å². The van der Waals surface area contributed by atoms with Gasteiger partial charge in [-0.05, 0) is 36.8 Å². The molecule has 0 saturated heterocycles. The summed E-state index contributed by atoms with van der Waals surface area (Å²) in [5.74, 6) is 0.0597. The number of ketones is 1. The Kier molecular flexibility index (Phi) is 5.97. The third kappa shape index (κ3) is 4.69. The van der Waals surface area contributed by atoms with Crippen molar-refractivity contribution < 1.29 is 14.3 Å². The molecule has 0 fully saturated rings. The first kappa shape index (κ1) is 17.3. The van der Waals surface area contributed by atoms with Crippen LogP contribution in [0.2, 0.25) is 0 Å². The second-order valence-electron chi connectivity index (χ2n) is 5.23. The molecule has 0 aromatic carbocycles. The van der Waals surface area contributed by atoms with Crippen LogP contribution in [-0.4, -0.2) is 32.0 Å². The molecule has 0 saturated carbocycles. The lowest BCUT2D eigenvalue weighted by atomic mass is 10.1. The third-order valence-electron chi connectivity index (χ3n) is 3.30. The lowest BCUT2D eigenvalue weighted by molar-refractivity contribution is -0.145. The number of rotatable bonds is 8. The minimum atomic E-state index is -0.422. The van der Waals surface area contributed by atoms with Gasteiger partial charge < -0.3 is 4.74 Å². The Morgan fingerprint density at radius 1 is 1.30 bits per heavy atom. The molecule has 7 nitrogen and oxygen atoms in total. The van der Waals surface area contributed by atoms with E-state index in [-0.39, 0.29) is 25.2 Å². The highest BCUT2D eigenvalue weighted by Gasteiger charge is 2.15. The van der Waals surface area contributed by atoms with Crippen LogP contribution < -0.4 is 0 Å². The maximum Gasteiger partial charge on any atom is 0.306 e. The summed E-state index contributed by atoms with van der Waals surface area (Å²) in [4.78, 5) is 26.0. The van der Waals surface area contributed by atoms with Gasteiger partial charge >= 0.3 is 5.97 Å². The van der Waals surface area contributed by atoms with E-state index in [0.29, 0.717) is 17.9 Å². The molecule has 0 radical (unpaired) electrons. The van der Waals surface area contributed by atoms with Gasteiger partial charge in [0, 0.05) is 28.3 Å².